The van der Waals surface area contributed by atoms with Crippen LogP contribution in [0.5, 0.6) is 0 Å². The smallest absolute Gasteiger partial charge is 0.325 e. The van der Waals surface area contributed by atoms with Crippen molar-refractivity contribution in [2.24, 2.45) is 0 Å². The summed E-state index contributed by atoms with van der Waals surface area (Å²) in [7, 11) is 0. The van der Waals surface area contributed by atoms with Crippen LogP contribution in [0.3, 0.4) is 0 Å². The lowest BCUT2D eigenvalue weighted by atomic mass is 10.1. The number of hydrogen-bond donors (Lipinski definition) is 2. The molecule has 0 bridgehead atoms. The summed E-state index contributed by atoms with van der Waals surface area (Å²) in [6.45, 7) is 4.84. The number of amides is 4. The second-order valence-electron chi connectivity index (χ2n) is 7.25. The fraction of sp³-hybridized carbons (Fsp3) is 0.550. The molecule has 2 aliphatic rings. The molecule has 0 saturated carbocycles. The summed E-state index contributed by atoms with van der Waals surface area (Å²) >= 11 is 0. The van der Waals surface area contributed by atoms with Crippen molar-refractivity contribution in [3.05, 3.63) is 35.6 Å². The van der Waals surface area contributed by atoms with Gasteiger partial charge in [-0.1, -0.05) is 12.1 Å². The van der Waals surface area contributed by atoms with Gasteiger partial charge in [-0.2, -0.15) is 0 Å². The number of ether oxygens (including phenoxy) is 1. The van der Waals surface area contributed by atoms with Gasteiger partial charge in [0, 0.05) is 26.1 Å². The highest BCUT2D eigenvalue weighted by Crippen LogP contribution is 2.15. The van der Waals surface area contributed by atoms with E-state index < -0.39 is 17.9 Å². The molecule has 9 heteroatoms. The molecular weight excluding hydrogens is 379 g/mol. The number of morpholine rings is 1. The fourth-order valence-corrected chi connectivity index (χ4v) is 3.46. The standard InChI is InChI=1S/C20H27FN4O4/c21-16-4-1-3-15(13-16)14-25-19(27)17(23-20(25)28)5-6-18(26)22-7-2-8-24-9-11-29-12-10-24/h1,3-4,13,17H,2,5-12,14H2,(H,22,26)(H,23,28)/t17-/m1/s1. The Morgan fingerprint density at radius 3 is 2.83 bits per heavy atom. The van der Waals surface area contributed by atoms with Crippen molar-refractivity contribution in [3.8, 4) is 0 Å². The Balaban J connectivity index is 1.36. The monoisotopic (exact) mass is 406 g/mol. The number of rotatable bonds is 9. The third-order valence-electron chi connectivity index (χ3n) is 5.07. The van der Waals surface area contributed by atoms with Gasteiger partial charge in [0.25, 0.3) is 5.91 Å². The first kappa shape index (κ1) is 21.2. The van der Waals surface area contributed by atoms with Crippen LogP contribution in [0.15, 0.2) is 24.3 Å². The predicted octanol–water partition coefficient (Wildman–Crippen LogP) is 0.865. The molecule has 0 radical (unpaired) electrons. The van der Waals surface area contributed by atoms with E-state index in [1.807, 2.05) is 0 Å². The van der Waals surface area contributed by atoms with Crippen molar-refractivity contribution in [2.45, 2.75) is 31.8 Å². The van der Waals surface area contributed by atoms with Crippen LogP contribution in [0.25, 0.3) is 0 Å². The number of imide groups is 1. The lowest BCUT2D eigenvalue weighted by Gasteiger charge is -2.26. The van der Waals surface area contributed by atoms with Crippen LogP contribution in [0, 0.1) is 5.82 Å². The van der Waals surface area contributed by atoms with Crippen LogP contribution in [0.4, 0.5) is 9.18 Å². The Bertz CT molecular complexity index is 739. The molecule has 29 heavy (non-hydrogen) atoms. The van der Waals surface area contributed by atoms with E-state index in [0.29, 0.717) is 12.1 Å². The minimum Gasteiger partial charge on any atom is -0.379 e. The molecule has 2 heterocycles. The van der Waals surface area contributed by atoms with Crippen molar-refractivity contribution in [3.63, 3.8) is 0 Å². The number of urea groups is 1. The fourth-order valence-electron chi connectivity index (χ4n) is 3.46. The van der Waals surface area contributed by atoms with Gasteiger partial charge < -0.3 is 15.4 Å². The first-order valence-corrected chi connectivity index (χ1v) is 9.96. The van der Waals surface area contributed by atoms with E-state index in [0.717, 1.165) is 44.2 Å². The number of hydrogen-bond acceptors (Lipinski definition) is 5. The average Bonchev–Trinajstić information content (AvgIpc) is 2.98. The van der Waals surface area contributed by atoms with E-state index in [1.54, 1.807) is 6.07 Å². The maximum atomic E-state index is 13.3. The number of nitrogens with one attached hydrogen (secondary N) is 2. The second kappa shape index (κ2) is 10.3. The topological polar surface area (TPSA) is 91.0 Å². The lowest BCUT2D eigenvalue weighted by molar-refractivity contribution is -0.128. The van der Waals surface area contributed by atoms with Crippen molar-refractivity contribution < 1.29 is 23.5 Å². The largest absolute Gasteiger partial charge is 0.379 e. The highest BCUT2D eigenvalue weighted by Gasteiger charge is 2.37. The van der Waals surface area contributed by atoms with Gasteiger partial charge in [-0.05, 0) is 37.1 Å². The first-order valence-electron chi connectivity index (χ1n) is 9.96. The number of carbonyl (C=O) groups excluding carboxylic acids is 3. The average molecular weight is 406 g/mol. The Morgan fingerprint density at radius 1 is 1.28 bits per heavy atom. The molecule has 2 N–H and O–H groups in total. The highest BCUT2D eigenvalue weighted by molar-refractivity contribution is 6.04. The molecular formula is C20H27FN4O4. The van der Waals surface area contributed by atoms with Crippen LogP contribution in [0.1, 0.15) is 24.8 Å². The van der Waals surface area contributed by atoms with Gasteiger partial charge >= 0.3 is 6.03 Å². The maximum absolute atomic E-state index is 13.3. The summed E-state index contributed by atoms with van der Waals surface area (Å²) in [5.74, 6) is -0.951. The highest BCUT2D eigenvalue weighted by atomic mass is 19.1. The molecule has 2 saturated heterocycles. The van der Waals surface area contributed by atoms with Crippen molar-refractivity contribution in [2.75, 3.05) is 39.4 Å². The van der Waals surface area contributed by atoms with Crippen LogP contribution in [-0.4, -0.2) is 73.1 Å². The number of nitrogens with zero attached hydrogens (tertiary/aromatic N) is 2. The Kier molecular flexibility index (Phi) is 7.54. The van der Waals surface area contributed by atoms with Crippen molar-refractivity contribution >= 4 is 17.8 Å². The van der Waals surface area contributed by atoms with E-state index >= 15 is 0 Å². The molecule has 0 aliphatic carbocycles. The van der Waals surface area contributed by atoms with E-state index in [1.165, 1.54) is 18.2 Å². The lowest BCUT2D eigenvalue weighted by Crippen LogP contribution is -2.38. The maximum Gasteiger partial charge on any atom is 0.325 e. The zero-order valence-electron chi connectivity index (χ0n) is 16.4. The molecule has 4 amide bonds. The molecule has 158 valence electrons. The van der Waals surface area contributed by atoms with Crippen LogP contribution in [-0.2, 0) is 20.9 Å². The zero-order chi connectivity index (χ0) is 20.6. The predicted molar refractivity (Wildman–Crippen MR) is 103 cm³/mol. The Labute approximate surface area is 169 Å². The number of benzene rings is 1. The van der Waals surface area contributed by atoms with Gasteiger partial charge in [-0.25, -0.2) is 9.18 Å². The summed E-state index contributed by atoms with van der Waals surface area (Å²) in [4.78, 5) is 39.9. The van der Waals surface area contributed by atoms with E-state index in [2.05, 4.69) is 15.5 Å². The molecule has 1 aromatic carbocycles. The molecule has 0 aromatic heterocycles. The summed E-state index contributed by atoms with van der Waals surface area (Å²) in [5, 5.41) is 5.45. The van der Waals surface area contributed by atoms with Gasteiger partial charge in [-0.3, -0.25) is 19.4 Å². The van der Waals surface area contributed by atoms with Crippen LogP contribution < -0.4 is 10.6 Å². The van der Waals surface area contributed by atoms with Crippen molar-refractivity contribution in [1.29, 1.82) is 0 Å². The Morgan fingerprint density at radius 2 is 2.07 bits per heavy atom. The number of carbonyl (C=O) groups is 3. The molecule has 2 fully saturated rings. The minimum atomic E-state index is -0.727. The summed E-state index contributed by atoms with van der Waals surface area (Å²) < 4.78 is 18.6. The zero-order valence-corrected chi connectivity index (χ0v) is 16.4. The molecule has 3 rings (SSSR count). The molecule has 1 atom stereocenters. The quantitative estimate of drug-likeness (QED) is 0.469. The minimum absolute atomic E-state index is 0.00661. The summed E-state index contributed by atoms with van der Waals surface area (Å²) in [6, 6.07) is 4.53. The molecule has 8 nitrogen and oxygen atoms in total. The molecule has 2 aliphatic heterocycles. The van der Waals surface area contributed by atoms with Gasteiger partial charge in [-0.15, -0.1) is 0 Å². The number of halogens is 1. The van der Waals surface area contributed by atoms with Gasteiger partial charge in [0.1, 0.15) is 11.9 Å². The first-order chi connectivity index (χ1) is 14.0. The molecule has 0 unspecified atom stereocenters. The molecule has 0 spiro atoms. The normalized spacial score (nSPS) is 20.0. The van der Waals surface area contributed by atoms with Crippen LogP contribution in [0.2, 0.25) is 0 Å². The third kappa shape index (κ3) is 6.23. The second-order valence-corrected chi connectivity index (χ2v) is 7.25. The van der Waals surface area contributed by atoms with E-state index in [-0.39, 0.29) is 31.2 Å². The van der Waals surface area contributed by atoms with Crippen molar-refractivity contribution in [1.82, 2.24) is 20.4 Å². The third-order valence-corrected chi connectivity index (χ3v) is 5.07. The van der Waals surface area contributed by atoms with Gasteiger partial charge in [0.05, 0.1) is 19.8 Å². The summed E-state index contributed by atoms with van der Waals surface area (Å²) in [5.41, 5.74) is 0.534. The van der Waals surface area contributed by atoms with Gasteiger partial charge in [0.2, 0.25) is 5.91 Å². The molecule has 1 aromatic rings. The van der Waals surface area contributed by atoms with E-state index in [4.69, 9.17) is 4.74 Å². The summed E-state index contributed by atoms with van der Waals surface area (Å²) in [6.07, 6.45) is 1.24. The van der Waals surface area contributed by atoms with Crippen LogP contribution >= 0.6 is 0 Å². The Hall–Kier alpha value is -2.52. The van der Waals surface area contributed by atoms with E-state index in [9.17, 15) is 18.8 Å². The van der Waals surface area contributed by atoms with Gasteiger partial charge in [0.15, 0.2) is 0 Å². The SMILES string of the molecule is O=C(CC[C@H]1NC(=O)N(Cc2cccc(F)c2)C1=O)NCCCN1CCOCC1.